The Morgan fingerprint density at radius 2 is 1.68 bits per heavy atom. The van der Waals surface area contributed by atoms with Gasteiger partial charge in [-0.3, -0.25) is 14.4 Å². The second-order valence-electron chi connectivity index (χ2n) is 8.91. The molecule has 1 aliphatic heterocycles. The zero-order valence-corrected chi connectivity index (χ0v) is 20.7. The Bertz CT molecular complexity index is 1200. The fourth-order valence-electron chi connectivity index (χ4n) is 4.62. The summed E-state index contributed by atoms with van der Waals surface area (Å²) in [5.74, 6) is -1.27. The maximum Gasteiger partial charge on any atom is 0.243 e. The molecule has 176 valence electrons. The highest BCUT2D eigenvalue weighted by atomic mass is 32.1. The van der Waals surface area contributed by atoms with Gasteiger partial charge in [0.05, 0.1) is 18.5 Å². The number of anilines is 2. The number of thiophene rings is 1. The van der Waals surface area contributed by atoms with Crippen molar-refractivity contribution >= 4 is 40.4 Å². The number of nitrogens with one attached hydrogen (secondary N) is 2. The van der Waals surface area contributed by atoms with E-state index >= 15 is 0 Å². The van der Waals surface area contributed by atoms with Crippen LogP contribution >= 0.6 is 11.3 Å². The van der Waals surface area contributed by atoms with Crippen molar-refractivity contribution in [3.63, 3.8) is 0 Å². The predicted molar refractivity (Wildman–Crippen MR) is 136 cm³/mol. The Labute approximate surface area is 204 Å². The van der Waals surface area contributed by atoms with Gasteiger partial charge in [0.2, 0.25) is 17.7 Å². The average Bonchev–Trinajstić information content (AvgIpc) is 3.43. The van der Waals surface area contributed by atoms with Crippen molar-refractivity contribution in [2.75, 3.05) is 16.8 Å². The van der Waals surface area contributed by atoms with Crippen LogP contribution in [0.4, 0.5) is 11.4 Å². The highest BCUT2D eigenvalue weighted by Gasteiger charge is 2.45. The van der Waals surface area contributed by atoms with Crippen LogP contribution in [0.3, 0.4) is 0 Å². The van der Waals surface area contributed by atoms with Gasteiger partial charge in [-0.05, 0) is 62.4 Å². The van der Waals surface area contributed by atoms with Crippen molar-refractivity contribution in [3.05, 3.63) is 81.0 Å². The van der Waals surface area contributed by atoms with Gasteiger partial charge >= 0.3 is 0 Å². The van der Waals surface area contributed by atoms with E-state index in [0.717, 1.165) is 38.5 Å². The minimum Gasteiger partial charge on any atom is -0.347 e. The number of hydrogen-bond donors (Lipinski definition) is 2. The highest BCUT2D eigenvalue weighted by molar-refractivity contribution is 7.10. The van der Waals surface area contributed by atoms with E-state index in [9.17, 15) is 14.4 Å². The predicted octanol–water partition coefficient (Wildman–Crippen LogP) is 4.83. The van der Waals surface area contributed by atoms with Gasteiger partial charge in [0, 0.05) is 22.7 Å². The van der Waals surface area contributed by atoms with E-state index in [-0.39, 0.29) is 30.7 Å². The molecule has 1 aliphatic rings. The van der Waals surface area contributed by atoms with E-state index in [0.29, 0.717) is 0 Å². The van der Waals surface area contributed by atoms with Gasteiger partial charge in [-0.15, -0.1) is 11.3 Å². The molecule has 0 aliphatic carbocycles. The van der Waals surface area contributed by atoms with E-state index in [2.05, 4.69) is 10.6 Å². The molecule has 0 radical (unpaired) electrons. The maximum absolute atomic E-state index is 13.2. The van der Waals surface area contributed by atoms with Crippen molar-refractivity contribution in [1.82, 2.24) is 5.32 Å². The zero-order chi connectivity index (χ0) is 24.4. The normalized spacial score (nSPS) is 17.6. The van der Waals surface area contributed by atoms with Gasteiger partial charge in [0.25, 0.3) is 0 Å². The number of benzene rings is 2. The third-order valence-corrected chi connectivity index (χ3v) is 7.11. The highest BCUT2D eigenvalue weighted by Crippen LogP contribution is 2.43. The van der Waals surface area contributed by atoms with Crippen LogP contribution in [-0.2, 0) is 14.4 Å². The summed E-state index contributed by atoms with van der Waals surface area (Å²) in [6.07, 6.45) is 0.0973. The van der Waals surface area contributed by atoms with Crippen LogP contribution in [0, 0.1) is 33.6 Å². The number of amides is 3. The van der Waals surface area contributed by atoms with Crippen LogP contribution in [0.25, 0.3) is 0 Å². The largest absolute Gasteiger partial charge is 0.347 e. The van der Waals surface area contributed by atoms with Crippen LogP contribution in [0.2, 0.25) is 0 Å². The first-order chi connectivity index (χ1) is 16.2. The molecule has 3 amide bonds. The number of carbonyl (C=O) groups excluding carboxylic acids is 3. The Morgan fingerprint density at radius 3 is 2.29 bits per heavy atom. The zero-order valence-electron chi connectivity index (χ0n) is 19.8. The van der Waals surface area contributed by atoms with Crippen LogP contribution in [-0.4, -0.2) is 24.3 Å². The van der Waals surface area contributed by atoms with E-state index in [1.165, 1.54) is 11.3 Å². The minimum atomic E-state index is -0.580. The number of hydrogen-bond acceptors (Lipinski definition) is 4. The Hall–Kier alpha value is -3.45. The van der Waals surface area contributed by atoms with Gasteiger partial charge in [-0.1, -0.05) is 41.5 Å². The molecule has 1 saturated heterocycles. The summed E-state index contributed by atoms with van der Waals surface area (Å²) in [6.45, 7) is 7.75. The lowest BCUT2D eigenvalue weighted by molar-refractivity contribution is -0.128. The molecular weight excluding hydrogens is 446 g/mol. The van der Waals surface area contributed by atoms with Gasteiger partial charge in [-0.25, -0.2) is 0 Å². The number of carbonyl (C=O) groups is 3. The first-order valence-corrected chi connectivity index (χ1v) is 12.2. The van der Waals surface area contributed by atoms with Gasteiger partial charge in [-0.2, -0.15) is 0 Å². The lowest BCUT2D eigenvalue weighted by Gasteiger charge is -2.27. The molecule has 0 spiro atoms. The van der Waals surface area contributed by atoms with Crippen LogP contribution in [0.5, 0.6) is 0 Å². The van der Waals surface area contributed by atoms with Crippen LogP contribution in [0.1, 0.15) is 39.6 Å². The summed E-state index contributed by atoms with van der Waals surface area (Å²) in [7, 11) is 0. The number of aryl methyl sites for hydroxylation is 4. The fourth-order valence-corrected chi connectivity index (χ4v) is 5.50. The molecule has 2 unspecified atom stereocenters. The third kappa shape index (κ3) is 4.89. The summed E-state index contributed by atoms with van der Waals surface area (Å²) in [5.41, 5.74) is 5.72. The molecule has 34 heavy (non-hydrogen) atoms. The van der Waals surface area contributed by atoms with Gasteiger partial charge in [0.1, 0.15) is 0 Å². The Morgan fingerprint density at radius 1 is 1.00 bits per heavy atom. The summed E-state index contributed by atoms with van der Waals surface area (Å²) < 4.78 is 0. The molecule has 3 aromatic rings. The lowest BCUT2D eigenvalue weighted by Crippen LogP contribution is -2.39. The van der Waals surface area contributed by atoms with Crippen LogP contribution in [0.15, 0.2) is 53.9 Å². The Kier molecular flexibility index (Phi) is 6.84. The van der Waals surface area contributed by atoms with E-state index in [1.54, 1.807) is 4.90 Å². The molecule has 7 heteroatoms. The van der Waals surface area contributed by atoms with E-state index < -0.39 is 12.0 Å². The first kappa shape index (κ1) is 23.7. The van der Waals surface area contributed by atoms with Crippen molar-refractivity contribution in [2.45, 2.75) is 40.2 Å². The molecule has 0 bridgehead atoms. The second-order valence-corrected chi connectivity index (χ2v) is 9.89. The maximum atomic E-state index is 13.2. The summed E-state index contributed by atoms with van der Waals surface area (Å²) >= 11 is 1.52. The lowest BCUT2D eigenvalue weighted by atomic mass is 9.97. The first-order valence-electron chi connectivity index (χ1n) is 11.3. The molecule has 2 N–H and O–H groups in total. The molecule has 2 atom stereocenters. The molecule has 2 aromatic carbocycles. The standard InChI is InChI=1S/C27H29N3O3S/c1-16-7-9-20(10-8-16)30-24(32)14-21(26(30)22-6-5-11-34-22)27(33)28-15-23(31)29-25-18(3)12-17(2)13-19(25)4/h5-13,21,26H,14-15H2,1-4H3,(H,28,33)(H,29,31). The van der Waals surface area contributed by atoms with Crippen molar-refractivity contribution < 1.29 is 14.4 Å². The van der Waals surface area contributed by atoms with E-state index in [4.69, 9.17) is 0 Å². The molecular formula is C27H29N3O3S. The Balaban J connectivity index is 1.49. The summed E-state index contributed by atoms with van der Waals surface area (Å²) in [6, 6.07) is 15.2. The minimum absolute atomic E-state index is 0.0973. The third-order valence-electron chi connectivity index (χ3n) is 6.17. The topological polar surface area (TPSA) is 78.5 Å². The van der Waals surface area contributed by atoms with Crippen LogP contribution < -0.4 is 15.5 Å². The molecule has 0 saturated carbocycles. The van der Waals surface area contributed by atoms with Crippen molar-refractivity contribution in [3.8, 4) is 0 Å². The summed E-state index contributed by atoms with van der Waals surface area (Å²) in [5, 5.41) is 7.62. The number of rotatable bonds is 6. The molecule has 2 heterocycles. The molecule has 1 fully saturated rings. The van der Waals surface area contributed by atoms with E-state index in [1.807, 2.05) is 81.6 Å². The fraction of sp³-hybridized carbons (Fsp3) is 0.296. The van der Waals surface area contributed by atoms with Gasteiger partial charge in [0.15, 0.2) is 0 Å². The quantitative estimate of drug-likeness (QED) is 0.536. The monoisotopic (exact) mass is 475 g/mol. The molecule has 1 aromatic heterocycles. The summed E-state index contributed by atoms with van der Waals surface area (Å²) in [4.78, 5) is 41.5. The number of nitrogens with zero attached hydrogens (tertiary/aromatic N) is 1. The smallest absolute Gasteiger partial charge is 0.243 e. The van der Waals surface area contributed by atoms with Gasteiger partial charge < -0.3 is 15.5 Å². The average molecular weight is 476 g/mol. The molecule has 4 rings (SSSR count). The SMILES string of the molecule is Cc1ccc(N2C(=O)CC(C(=O)NCC(=O)Nc3c(C)cc(C)cc3C)C2c2cccs2)cc1. The molecule has 6 nitrogen and oxygen atoms in total. The second kappa shape index (κ2) is 9.81. The van der Waals surface area contributed by atoms with Crippen molar-refractivity contribution in [1.29, 1.82) is 0 Å². The van der Waals surface area contributed by atoms with Crippen molar-refractivity contribution in [2.24, 2.45) is 5.92 Å².